The van der Waals surface area contributed by atoms with E-state index in [-0.39, 0.29) is 18.2 Å². The van der Waals surface area contributed by atoms with Crippen molar-refractivity contribution in [1.29, 1.82) is 0 Å². The predicted octanol–water partition coefficient (Wildman–Crippen LogP) is 2.90. The molecule has 1 atom stereocenters. The number of rotatable bonds is 7. The van der Waals surface area contributed by atoms with Gasteiger partial charge in [0.05, 0.1) is 7.05 Å². The van der Waals surface area contributed by atoms with Crippen LogP contribution in [0.5, 0.6) is 5.75 Å². The van der Waals surface area contributed by atoms with E-state index in [1.54, 1.807) is 24.3 Å². The number of amides is 1. The molecule has 7 heteroatoms. The highest BCUT2D eigenvalue weighted by atomic mass is 35.5. The van der Waals surface area contributed by atoms with Gasteiger partial charge in [-0.15, -0.1) is 0 Å². The highest BCUT2D eigenvalue weighted by Crippen LogP contribution is 2.19. The summed E-state index contributed by atoms with van der Waals surface area (Å²) < 4.78 is 28.6. The van der Waals surface area contributed by atoms with Crippen LogP contribution in [0, 0.1) is 6.92 Å². The Kier molecular flexibility index (Phi) is 6.73. The van der Waals surface area contributed by atoms with Gasteiger partial charge in [-0.3, -0.25) is 4.79 Å². The van der Waals surface area contributed by atoms with Gasteiger partial charge in [-0.25, -0.2) is 0 Å². The van der Waals surface area contributed by atoms with Crippen LogP contribution in [-0.2, 0) is 11.3 Å². The smallest absolute Gasteiger partial charge is 0.387 e. The second-order valence-corrected chi connectivity index (χ2v) is 6.28. The van der Waals surface area contributed by atoms with Crippen molar-refractivity contribution in [2.24, 2.45) is 0 Å². The third-order valence-corrected chi connectivity index (χ3v) is 3.83. The monoisotopic (exact) mass is 369 g/mol. The van der Waals surface area contributed by atoms with Crippen LogP contribution in [-0.4, -0.2) is 26.1 Å². The molecule has 25 heavy (non-hydrogen) atoms. The van der Waals surface area contributed by atoms with E-state index in [1.807, 2.05) is 20.0 Å². The topological polar surface area (TPSA) is 42.8 Å². The maximum absolute atomic E-state index is 12.2. The van der Waals surface area contributed by atoms with Crippen LogP contribution in [0.3, 0.4) is 0 Å². The van der Waals surface area contributed by atoms with E-state index in [2.05, 4.69) is 10.1 Å². The van der Waals surface area contributed by atoms with Crippen molar-refractivity contribution in [3.63, 3.8) is 0 Å². The standard InChI is InChI=1S/C18H19ClF2N2O2/c1-12-3-6-14(19)9-16(12)22-17(24)11-23(2)10-13-4-7-15(8-5-13)25-18(20)21/h3-9,18H,10-11H2,1-2H3,(H,22,24)/p+1. The van der Waals surface area contributed by atoms with Crippen LogP contribution in [0.2, 0.25) is 5.02 Å². The van der Waals surface area contributed by atoms with Gasteiger partial charge in [-0.05, 0) is 48.9 Å². The molecular formula is C18H20ClF2N2O2+. The lowest BCUT2D eigenvalue weighted by Crippen LogP contribution is -3.08. The van der Waals surface area contributed by atoms with Crippen LogP contribution in [0.1, 0.15) is 11.1 Å². The van der Waals surface area contributed by atoms with E-state index >= 15 is 0 Å². The van der Waals surface area contributed by atoms with Gasteiger partial charge < -0.3 is 15.0 Å². The molecule has 0 aliphatic carbocycles. The van der Waals surface area contributed by atoms with Gasteiger partial charge in [0.25, 0.3) is 5.91 Å². The number of benzene rings is 2. The number of alkyl halides is 2. The number of nitrogens with one attached hydrogen (secondary N) is 2. The fourth-order valence-corrected chi connectivity index (χ4v) is 2.57. The first-order valence-corrected chi connectivity index (χ1v) is 8.12. The average molecular weight is 370 g/mol. The molecule has 0 saturated heterocycles. The van der Waals surface area contributed by atoms with Gasteiger partial charge in [0.2, 0.25) is 0 Å². The Balaban J connectivity index is 1.87. The Hall–Kier alpha value is -2.18. The predicted molar refractivity (Wildman–Crippen MR) is 93.4 cm³/mol. The maximum Gasteiger partial charge on any atom is 0.387 e. The summed E-state index contributed by atoms with van der Waals surface area (Å²) in [5, 5.41) is 3.41. The number of hydrogen-bond acceptors (Lipinski definition) is 2. The molecule has 4 nitrogen and oxygen atoms in total. The fourth-order valence-electron chi connectivity index (χ4n) is 2.40. The zero-order valence-corrected chi connectivity index (χ0v) is 14.7. The molecule has 0 aromatic heterocycles. The van der Waals surface area contributed by atoms with Crippen LogP contribution in [0.15, 0.2) is 42.5 Å². The Bertz CT molecular complexity index is 724. The lowest BCUT2D eigenvalue weighted by atomic mass is 10.2. The Labute approximate surface area is 150 Å². The van der Waals surface area contributed by atoms with E-state index in [9.17, 15) is 13.6 Å². The minimum absolute atomic E-state index is 0.116. The van der Waals surface area contributed by atoms with Gasteiger partial charge >= 0.3 is 6.61 Å². The minimum atomic E-state index is -2.84. The van der Waals surface area contributed by atoms with Crippen molar-refractivity contribution in [3.05, 3.63) is 58.6 Å². The summed E-state index contributed by atoms with van der Waals surface area (Å²) in [5.74, 6) is -0.00824. The van der Waals surface area contributed by atoms with Crippen molar-refractivity contribution < 1.29 is 23.2 Å². The van der Waals surface area contributed by atoms with Crippen LogP contribution in [0.25, 0.3) is 0 Å². The zero-order chi connectivity index (χ0) is 18.4. The number of carbonyl (C=O) groups is 1. The average Bonchev–Trinajstić information content (AvgIpc) is 2.52. The van der Waals surface area contributed by atoms with Gasteiger partial charge in [-0.1, -0.05) is 17.7 Å². The number of hydrogen-bond donors (Lipinski definition) is 2. The van der Waals surface area contributed by atoms with Gasteiger partial charge in [-0.2, -0.15) is 8.78 Å². The summed E-state index contributed by atoms with van der Waals surface area (Å²) in [6, 6.07) is 11.7. The van der Waals surface area contributed by atoms with E-state index in [0.29, 0.717) is 17.3 Å². The molecule has 0 aliphatic heterocycles. The molecule has 0 radical (unpaired) electrons. The molecule has 0 aliphatic rings. The summed E-state index contributed by atoms with van der Waals surface area (Å²) >= 11 is 5.94. The summed E-state index contributed by atoms with van der Waals surface area (Å²) in [4.78, 5) is 13.1. The van der Waals surface area contributed by atoms with Crippen LogP contribution in [0.4, 0.5) is 14.5 Å². The third kappa shape index (κ3) is 6.32. The molecule has 2 rings (SSSR count). The number of halogens is 3. The Morgan fingerprint density at radius 3 is 2.56 bits per heavy atom. The van der Waals surface area contributed by atoms with E-state index < -0.39 is 6.61 Å². The highest BCUT2D eigenvalue weighted by Gasteiger charge is 2.12. The van der Waals surface area contributed by atoms with Crippen molar-refractivity contribution in [2.45, 2.75) is 20.1 Å². The zero-order valence-electron chi connectivity index (χ0n) is 14.0. The number of quaternary nitrogens is 1. The number of carbonyl (C=O) groups excluding carboxylic acids is 1. The van der Waals surface area contributed by atoms with Crippen molar-refractivity contribution in [2.75, 3.05) is 18.9 Å². The third-order valence-electron chi connectivity index (χ3n) is 3.59. The molecule has 134 valence electrons. The molecule has 0 spiro atoms. The molecule has 1 unspecified atom stereocenters. The van der Waals surface area contributed by atoms with Crippen molar-refractivity contribution >= 4 is 23.2 Å². The molecule has 2 N–H and O–H groups in total. The lowest BCUT2D eigenvalue weighted by molar-refractivity contribution is -0.885. The first-order valence-electron chi connectivity index (χ1n) is 7.74. The lowest BCUT2D eigenvalue weighted by Gasteiger charge is -2.15. The molecule has 0 bridgehead atoms. The maximum atomic E-state index is 12.2. The first-order chi connectivity index (χ1) is 11.8. The molecule has 2 aromatic carbocycles. The number of aryl methyl sites for hydroxylation is 1. The second-order valence-electron chi connectivity index (χ2n) is 5.84. The normalized spacial score (nSPS) is 12.1. The van der Waals surface area contributed by atoms with Gasteiger partial charge in [0, 0.05) is 16.3 Å². The van der Waals surface area contributed by atoms with E-state index in [1.165, 1.54) is 12.1 Å². The molecule has 0 fully saturated rings. The molecule has 2 aromatic rings. The summed E-state index contributed by atoms with van der Waals surface area (Å²) in [6.07, 6.45) is 0. The number of anilines is 1. The molecule has 0 heterocycles. The summed E-state index contributed by atoms with van der Waals surface area (Å²) in [5.41, 5.74) is 2.55. The van der Waals surface area contributed by atoms with Crippen LogP contribution >= 0.6 is 11.6 Å². The Morgan fingerprint density at radius 1 is 1.24 bits per heavy atom. The van der Waals surface area contributed by atoms with Crippen molar-refractivity contribution in [3.8, 4) is 5.75 Å². The highest BCUT2D eigenvalue weighted by molar-refractivity contribution is 6.31. The quantitative estimate of drug-likeness (QED) is 0.788. The van der Waals surface area contributed by atoms with E-state index in [4.69, 9.17) is 11.6 Å². The summed E-state index contributed by atoms with van der Waals surface area (Å²) in [7, 11) is 1.88. The van der Waals surface area contributed by atoms with Crippen LogP contribution < -0.4 is 15.0 Å². The SMILES string of the molecule is Cc1ccc(Cl)cc1NC(=O)C[NH+](C)Cc1ccc(OC(F)F)cc1. The Morgan fingerprint density at radius 2 is 1.92 bits per heavy atom. The number of likely N-dealkylation sites (N-methyl/N-ethyl adjacent to an activating group) is 1. The van der Waals surface area contributed by atoms with E-state index in [0.717, 1.165) is 16.0 Å². The summed E-state index contributed by atoms with van der Waals surface area (Å²) in [6.45, 7) is -0.0956. The van der Waals surface area contributed by atoms with Gasteiger partial charge in [0.15, 0.2) is 6.54 Å². The van der Waals surface area contributed by atoms with Gasteiger partial charge in [0.1, 0.15) is 12.3 Å². The second kappa shape index (κ2) is 8.78. The fraction of sp³-hybridized carbons (Fsp3) is 0.278. The largest absolute Gasteiger partial charge is 0.435 e. The van der Waals surface area contributed by atoms with Crippen molar-refractivity contribution in [1.82, 2.24) is 0 Å². The molecule has 1 amide bonds. The number of ether oxygens (including phenoxy) is 1. The minimum Gasteiger partial charge on any atom is -0.435 e. The molecular weight excluding hydrogens is 350 g/mol. The molecule has 0 saturated carbocycles. The first kappa shape index (κ1) is 19.1.